The molecule has 1 spiro atoms. The first-order valence-electron chi connectivity index (χ1n) is 10.3. The summed E-state index contributed by atoms with van der Waals surface area (Å²) in [5.41, 5.74) is 1.10. The molecule has 0 unspecified atom stereocenters. The van der Waals surface area contributed by atoms with Gasteiger partial charge in [-0.2, -0.15) is 0 Å². The zero-order valence-electron chi connectivity index (χ0n) is 17.4. The molecule has 2 saturated heterocycles. The van der Waals surface area contributed by atoms with E-state index in [-0.39, 0.29) is 29.8 Å². The topological polar surface area (TPSA) is 85.8 Å². The number of hydrogen-bond donors (Lipinski definition) is 1. The van der Waals surface area contributed by atoms with Crippen molar-refractivity contribution >= 4 is 17.8 Å². The van der Waals surface area contributed by atoms with Crippen LogP contribution in [0.4, 0.5) is 4.79 Å². The van der Waals surface area contributed by atoms with Crippen molar-refractivity contribution in [2.45, 2.75) is 32.1 Å². The van der Waals surface area contributed by atoms with E-state index in [1.54, 1.807) is 20.3 Å². The Morgan fingerprint density at radius 2 is 1.97 bits per heavy atom. The second-order valence-electron chi connectivity index (χ2n) is 8.32. The number of nitrogens with one attached hydrogen (secondary N) is 1. The Morgan fingerprint density at radius 1 is 1.21 bits per heavy atom. The van der Waals surface area contributed by atoms with Crippen molar-refractivity contribution in [3.8, 4) is 0 Å². The highest BCUT2D eigenvalue weighted by atomic mass is 16.2. The molecule has 2 fully saturated rings. The van der Waals surface area contributed by atoms with Gasteiger partial charge in [0.15, 0.2) is 0 Å². The van der Waals surface area contributed by atoms with E-state index in [1.165, 1.54) is 4.90 Å². The molecule has 3 rings (SSSR count). The SMILES string of the molecule is CN(C)C(=O)NCC(=O)N1CCC2(CCC(=O)N(CCc3ccccn3)C2)CC1. The van der Waals surface area contributed by atoms with Gasteiger partial charge in [0.25, 0.3) is 0 Å². The summed E-state index contributed by atoms with van der Waals surface area (Å²) in [5, 5.41) is 2.63. The average molecular weight is 402 g/mol. The quantitative estimate of drug-likeness (QED) is 0.801. The highest BCUT2D eigenvalue weighted by molar-refractivity contribution is 5.84. The zero-order valence-corrected chi connectivity index (χ0v) is 17.4. The van der Waals surface area contributed by atoms with Crippen molar-refractivity contribution in [2.75, 3.05) is 46.8 Å². The summed E-state index contributed by atoms with van der Waals surface area (Å²) in [6, 6.07) is 5.59. The molecule has 2 aliphatic rings. The lowest BCUT2D eigenvalue weighted by atomic mass is 9.72. The molecule has 0 saturated carbocycles. The van der Waals surface area contributed by atoms with E-state index < -0.39 is 0 Å². The third-order valence-electron chi connectivity index (χ3n) is 6.09. The van der Waals surface area contributed by atoms with Crippen molar-refractivity contribution < 1.29 is 14.4 Å². The molecule has 1 aromatic heterocycles. The van der Waals surface area contributed by atoms with Gasteiger partial charge >= 0.3 is 6.03 Å². The summed E-state index contributed by atoms with van der Waals surface area (Å²) < 4.78 is 0. The lowest BCUT2D eigenvalue weighted by Gasteiger charge is -2.47. The molecule has 29 heavy (non-hydrogen) atoms. The van der Waals surface area contributed by atoms with Crippen LogP contribution < -0.4 is 5.32 Å². The predicted molar refractivity (Wildman–Crippen MR) is 109 cm³/mol. The van der Waals surface area contributed by atoms with Crippen molar-refractivity contribution in [3.63, 3.8) is 0 Å². The van der Waals surface area contributed by atoms with Gasteiger partial charge in [-0.05, 0) is 36.8 Å². The fraction of sp³-hybridized carbons (Fsp3) is 0.619. The highest BCUT2D eigenvalue weighted by Crippen LogP contribution is 2.40. The number of pyridine rings is 1. The molecule has 8 heteroatoms. The lowest BCUT2D eigenvalue weighted by Crippen LogP contribution is -2.53. The number of carbonyl (C=O) groups excluding carboxylic acids is 3. The maximum absolute atomic E-state index is 12.4. The minimum Gasteiger partial charge on any atom is -0.342 e. The predicted octanol–water partition coefficient (Wildman–Crippen LogP) is 1.13. The summed E-state index contributed by atoms with van der Waals surface area (Å²) in [7, 11) is 3.29. The second-order valence-corrected chi connectivity index (χ2v) is 8.32. The summed E-state index contributed by atoms with van der Waals surface area (Å²) in [4.78, 5) is 46.0. The van der Waals surface area contributed by atoms with Crippen LogP contribution in [0.2, 0.25) is 0 Å². The first-order chi connectivity index (χ1) is 13.9. The van der Waals surface area contributed by atoms with Crippen LogP contribution in [0.5, 0.6) is 0 Å². The third-order valence-corrected chi connectivity index (χ3v) is 6.09. The van der Waals surface area contributed by atoms with E-state index in [2.05, 4.69) is 10.3 Å². The van der Waals surface area contributed by atoms with Crippen LogP contribution in [-0.2, 0) is 16.0 Å². The summed E-state index contributed by atoms with van der Waals surface area (Å²) in [5.74, 6) is 0.172. The molecule has 158 valence electrons. The summed E-state index contributed by atoms with van der Waals surface area (Å²) in [6.07, 6.45) is 5.81. The van der Waals surface area contributed by atoms with Gasteiger partial charge in [-0.25, -0.2) is 4.79 Å². The molecule has 8 nitrogen and oxygen atoms in total. The van der Waals surface area contributed by atoms with Crippen LogP contribution in [0.25, 0.3) is 0 Å². The maximum Gasteiger partial charge on any atom is 0.317 e. The average Bonchev–Trinajstić information content (AvgIpc) is 2.74. The van der Waals surface area contributed by atoms with Crippen molar-refractivity contribution in [3.05, 3.63) is 30.1 Å². The van der Waals surface area contributed by atoms with Gasteiger partial charge < -0.3 is 20.0 Å². The Morgan fingerprint density at radius 3 is 2.62 bits per heavy atom. The van der Waals surface area contributed by atoms with Gasteiger partial charge in [0.1, 0.15) is 0 Å². The Hall–Kier alpha value is -2.64. The first-order valence-corrected chi connectivity index (χ1v) is 10.3. The van der Waals surface area contributed by atoms with Gasteiger partial charge in [0.05, 0.1) is 6.54 Å². The van der Waals surface area contributed by atoms with Crippen LogP contribution in [0.3, 0.4) is 0 Å². The highest BCUT2D eigenvalue weighted by Gasteiger charge is 2.41. The molecule has 4 amide bonds. The van der Waals surface area contributed by atoms with E-state index in [4.69, 9.17) is 0 Å². The van der Waals surface area contributed by atoms with Gasteiger partial charge in [0, 0.05) is 65.0 Å². The Bertz CT molecular complexity index is 729. The normalized spacial score (nSPS) is 18.6. The van der Waals surface area contributed by atoms with Crippen LogP contribution in [0.15, 0.2) is 24.4 Å². The van der Waals surface area contributed by atoms with Crippen LogP contribution >= 0.6 is 0 Å². The first kappa shape index (κ1) is 21.1. The Labute approximate surface area is 172 Å². The van der Waals surface area contributed by atoms with Gasteiger partial charge in [-0.3, -0.25) is 14.6 Å². The fourth-order valence-corrected chi connectivity index (χ4v) is 4.16. The molecular formula is C21H31N5O3. The molecule has 0 radical (unpaired) electrons. The number of rotatable bonds is 5. The number of piperidine rings is 2. The minimum atomic E-state index is -0.263. The monoisotopic (exact) mass is 401 g/mol. The number of amides is 4. The molecular weight excluding hydrogens is 370 g/mol. The van der Waals surface area contributed by atoms with Crippen LogP contribution in [0.1, 0.15) is 31.4 Å². The minimum absolute atomic E-state index is 0.0265. The molecule has 2 aliphatic heterocycles. The molecule has 0 aliphatic carbocycles. The molecule has 1 N–H and O–H groups in total. The molecule has 0 bridgehead atoms. The van der Waals surface area contributed by atoms with Crippen molar-refractivity contribution in [1.82, 2.24) is 25.0 Å². The molecule has 0 aromatic carbocycles. The van der Waals surface area contributed by atoms with Crippen molar-refractivity contribution in [2.24, 2.45) is 5.41 Å². The van der Waals surface area contributed by atoms with Gasteiger partial charge in [-0.15, -0.1) is 0 Å². The van der Waals surface area contributed by atoms with E-state index >= 15 is 0 Å². The van der Waals surface area contributed by atoms with Gasteiger partial charge in [0.2, 0.25) is 11.8 Å². The second kappa shape index (κ2) is 9.24. The zero-order chi connectivity index (χ0) is 20.9. The third kappa shape index (κ3) is 5.46. The number of nitrogens with zero attached hydrogens (tertiary/aromatic N) is 4. The smallest absolute Gasteiger partial charge is 0.317 e. The fourth-order valence-electron chi connectivity index (χ4n) is 4.16. The van der Waals surface area contributed by atoms with E-state index in [0.717, 1.165) is 37.9 Å². The summed E-state index contributed by atoms with van der Waals surface area (Å²) in [6.45, 7) is 2.84. The van der Waals surface area contributed by atoms with E-state index in [0.29, 0.717) is 26.1 Å². The van der Waals surface area contributed by atoms with E-state index in [9.17, 15) is 14.4 Å². The Balaban J connectivity index is 1.49. The van der Waals surface area contributed by atoms with Gasteiger partial charge in [-0.1, -0.05) is 6.07 Å². The standard InChI is InChI=1S/C21H31N5O3/c1-24(2)20(29)23-15-19(28)25-13-9-21(10-14-25)8-6-18(27)26(16-21)12-7-17-5-3-4-11-22-17/h3-5,11H,6-10,12-16H2,1-2H3,(H,23,29). The van der Waals surface area contributed by atoms with Crippen LogP contribution in [0, 0.1) is 5.41 Å². The number of urea groups is 1. The molecule has 3 heterocycles. The molecule has 0 atom stereocenters. The Kier molecular flexibility index (Phi) is 6.71. The van der Waals surface area contributed by atoms with Crippen LogP contribution in [-0.4, -0.2) is 84.3 Å². The van der Waals surface area contributed by atoms with Crippen molar-refractivity contribution in [1.29, 1.82) is 0 Å². The summed E-state index contributed by atoms with van der Waals surface area (Å²) >= 11 is 0. The number of aromatic nitrogens is 1. The number of carbonyl (C=O) groups is 3. The lowest BCUT2D eigenvalue weighted by molar-refractivity contribution is -0.142. The molecule has 1 aromatic rings. The largest absolute Gasteiger partial charge is 0.342 e. The number of likely N-dealkylation sites (tertiary alicyclic amines) is 2. The van der Waals surface area contributed by atoms with E-state index in [1.807, 2.05) is 28.0 Å². The number of hydrogen-bond acceptors (Lipinski definition) is 4. The maximum atomic E-state index is 12.4.